The van der Waals surface area contributed by atoms with E-state index in [0.29, 0.717) is 13.0 Å². The van der Waals surface area contributed by atoms with Crippen LogP contribution in [0.25, 0.3) is 0 Å². The Labute approximate surface area is 77.4 Å². The molecule has 3 heteroatoms. The van der Waals surface area contributed by atoms with Gasteiger partial charge in [-0.15, -0.1) is 0 Å². The van der Waals surface area contributed by atoms with E-state index in [4.69, 9.17) is 5.11 Å². The summed E-state index contributed by atoms with van der Waals surface area (Å²) < 4.78 is 0. The number of rotatable bonds is 4. The maximum atomic E-state index is 11.1. The van der Waals surface area contributed by atoms with E-state index in [1.807, 2.05) is 12.1 Å². The molecule has 0 aliphatic rings. The van der Waals surface area contributed by atoms with Crippen molar-refractivity contribution in [3.63, 3.8) is 0 Å². The van der Waals surface area contributed by atoms with E-state index >= 15 is 0 Å². The maximum absolute atomic E-state index is 11.1. The summed E-state index contributed by atoms with van der Waals surface area (Å²) in [5, 5.41) is 11.0. The number of aliphatic hydroxyl groups is 1. The normalized spacial score (nSPS) is 9.62. The van der Waals surface area contributed by atoms with Gasteiger partial charge in [0.15, 0.2) is 0 Å². The predicted molar refractivity (Wildman–Crippen MR) is 49.1 cm³/mol. The van der Waals surface area contributed by atoms with E-state index in [2.05, 4.69) is 11.4 Å². The topological polar surface area (TPSA) is 49.3 Å². The third kappa shape index (κ3) is 3.71. The molecule has 0 aliphatic heterocycles. The Morgan fingerprint density at radius 1 is 1.62 bits per heavy atom. The highest BCUT2D eigenvalue weighted by atomic mass is 16.3. The van der Waals surface area contributed by atoms with Gasteiger partial charge in [-0.05, 0) is 11.6 Å². The second-order valence-corrected chi connectivity index (χ2v) is 2.66. The van der Waals surface area contributed by atoms with Gasteiger partial charge < -0.3 is 10.4 Å². The lowest BCUT2D eigenvalue weighted by Gasteiger charge is -2.02. The van der Waals surface area contributed by atoms with Gasteiger partial charge in [-0.25, -0.2) is 0 Å². The van der Waals surface area contributed by atoms with Crippen molar-refractivity contribution >= 4 is 5.91 Å². The zero-order chi connectivity index (χ0) is 9.52. The smallest absolute Gasteiger partial charge is 0.224 e. The molecule has 0 aromatic heterocycles. The number of hydrogen-bond donors (Lipinski definition) is 2. The average Bonchev–Trinajstić information content (AvgIpc) is 2.16. The van der Waals surface area contributed by atoms with E-state index in [1.54, 1.807) is 12.1 Å². The molecule has 0 heterocycles. The van der Waals surface area contributed by atoms with Gasteiger partial charge in [0.05, 0.1) is 13.0 Å². The highest BCUT2D eigenvalue weighted by Crippen LogP contribution is 1.98. The summed E-state index contributed by atoms with van der Waals surface area (Å²) in [6.07, 6.45) is 0.345. The molecule has 1 aromatic rings. The van der Waals surface area contributed by atoms with Crippen molar-refractivity contribution in [1.29, 1.82) is 0 Å². The molecule has 1 radical (unpaired) electrons. The first kappa shape index (κ1) is 9.74. The number of carbonyl (C=O) groups excluding carboxylic acids is 1. The Hall–Kier alpha value is -1.35. The molecule has 0 saturated heterocycles. The Balaban J connectivity index is 2.37. The van der Waals surface area contributed by atoms with Crippen LogP contribution >= 0.6 is 0 Å². The molecule has 69 valence electrons. The second-order valence-electron chi connectivity index (χ2n) is 2.66. The Bertz CT molecular complexity index is 259. The number of nitrogens with one attached hydrogen (secondary N) is 1. The molecule has 0 fully saturated rings. The standard InChI is InChI=1S/C10H12NO2/c12-7-6-11-10(13)8-9-4-2-1-3-5-9/h1-2,4-5,12H,6-8H2,(H,11,13). The minimum absolute atomic E-state index is 0.0212. The highest BCUT2D eigenvalue weighted by Gasteiger charge is 2.00. The predicted octanol–water partition coefficient (Wildman–Crippen LogP) is 0.138. The van der Waals surface area contributed by atoms with Crippen LogP contribution in [0.15, 0.2) is 24.3 Å². The summed E-state index contributed by atoms with van der Waals surface area (Å²) in [4.78, 5) is 11.1. The molecule has 1 rings (SSSR count). The fraction of sp³-hybridized carbons (Fsp3) is 0.300. The molecular weight excluding hydrogens is 166 g/mol. The third-order valence-corrected chi connectivity index (χ3v) is 1.57. The molecule has 0 aliphatic carbocycles. The molecule has 3 nitrogen and oxygen atoms in total. The molecule has 1 amide bonds. The van der Waals surface area contributed by atoms with Gasteiger partial charge in [0.1, 0.15) is 0 Å². The second kappa shape index (κ2) is 5.32. The van der Waals surface area contributed by atoms with Crippen molar-refractivity contribution in [2.75, 3.05) is 13.2 Å². The third-order valence-electron chi connectivity index (χ3n) is 1.57. The lowest BCUT2D eigenvalue weighted by atomic mass is 10.1. The highest BCUT2D eigenvalue weighted by molar-refractivity contribution is 5.78. The molecule has 0 spiro atoms. The van der Waals surface area contributed by atoms with Gasteiger partial charge in [0.2, 0.25) is 5.91 Å². The van der Waals surface area contributed by atoms with E-state index in [9.17, 15) is 4.79 Å². The number of benzene rings is 1. The summed E-state index contributed by atoms with van der Waals surface area (Å²) in [7, 11) is 0. The van der Waals surface area contributed by atoms with Crippen LogP contribution in [0.3, 0.4) is 0 Å². The lowest BCUT2D eigenvalue weighted by Crippen LogP contribution is -2.27. The van der Waals surface area contributed by atoms with E-state index in [1.165, 1.54) is 0 Å². The van der Waals surface area contributed by atoms with Gasteiger partial charge in [0.25, 0.3) is 0 Å². The summed E-state index contributed by atoms with van der Waals surface area (Å²) in [6, 6.07) is 10.2. The van der Waals surface area contributed by atoms with Crippen molar-refractivity contribution < 1.29 is 9.90 Å². The van der Waals surface area contributed by atoms with Crippen LogP contribution in [-0.4, -0.2) is 24.2 Å². The Morgan fingerprint density at radius 2 is 2.46 bits per heavy atom. The first-order valence-corrected chi connectivity index (χ1v) is 4.15. The van der Waals surface area contributed by atoms with Gasteiger partial charge in [-0.1, -0.05) is 24.3 Å². The van der Waals surface area contributed by atoms with E-state index in [0.717, 1.165) is 5.56 Å². The molecule has 1 aromatic carbocycles. The average molecular weight is 178 g/mol. The molecule has 0 unspecified atom stereocenters. The largest absolute Gasteiger partial charge is 0.395 e. The van der Waals surface area contributed by atoms with Gasteiger partial charge >= 0.3 is 0 Å². The number of aliphatic hydroxyl groups excluding tert-OH is 1. The molecule has 0 saturated carbocycles. The minimum Gasteiger partial charge on any atom is -0.395 e. The van der Waals surface area contributed by atoms with Gasteiger partial charge in [0, 0.05) is 6.54 Å². The summed E-state index contributed by atoms with van der Waals surface area (Å²) >= 11 is 0. The number of hydrogen-bond acceptors (Lipinski definition) is 2. The van der Waals surface area contributed by atoms with Crippen molar-refractivity contribution in [1.82, 2.24) is 5.32 Å². The fourth-order valence-electron chi connectivity index (χ4n) is 0.984. The van der Waals surface area contributed by atoms with Crippen LogP contribution in [-0.2, 0) is 11.2 Å². The Kier molecular flexibility index (Phi) is 3.99. The zero-order valence-corrected chi connectivity index (χ0v) is 7.29. The maximum Gasteiger partial charge on any atom is 0.224 e. The van der Waals surface area contributed by atoms with Gasteiger partial charge in [-0.2, -0.15) is 0 Å². The van der Waals surface area contributed by atoms with Crippen LogP contribution in [0.5, 0.6) is 0 Å². The number of amides is 1. The summed E-state index contributed by atoms with van der Waals surface area (Å²) in [5.41, 5.74) is 0.929. The molecular formula is C10H12NO2. The van der Waals surface area contributed by atoms with Crippen LogP contribution in [0.1, 0.15) is 5.56 Å². The molecule has 2 N–H and O–H groups in total. The molecule has 13 heavy (non-hydrogen) atoms. The van der Waals surface area contributed by atoms with Crippen molar-refractivity contribution in [2.45, 2.75) is 6.42 Å². The minimum atomic E-state index is -0.0753. The van der Waals surface area contributed by atoms with Crippen molar-refractivity contribution in [2.24, 2.45) is 0 Å². The fourth-order valence-corrected chi connectivity index (χ4v) is 0.984. The summed E-state index contributed by atoms with van der Waals surface area (Å²) in [5.74, 6) is -0.0753. The first-order valence-electron chi connectivity index (χ1n) is 4.15. The van der Waals surface area contributed by atoms with Crippen molar-refractivity contribution in [3.05, 3.63) is 35.9 Å². The lowest BCUT2D eigenvalue weighted by molar-refractivity contribution is -0.120. The quantitative estimate of drug-likeness (QED) is 0.689. The molecule has 0 bridgehead atoms. The summed E-state index contributed by atoms with van der Waals surface area (Å²) in [6.45, 7) is 0.294. The van der Waals surface area contributed by atoms with Crippen LogP contribution < -0.4 is 5.32 Å². The van der Waals surface area contributed by atoms with Crippen LogP contribution in [0, 0.1) is 6.07 Å². The molecule has 0 atom stereocenters. The van der Waals surface area contributed by atoms with Crippen LogP contribution in [0.2, 0.25) is 0 Å². The monoisotopic (exact) mass is 178 g/mol. The van der Waals surface area contributed by atoms with Crippen LogP contribution in [0.4, 0.5) is 0 Å². The van der Waals surface area contributed by atoms with E-state index in [-0.39, 0.29) is 12.5 Å². The zero-order valence-electron chi connectivity index (χ0n) is 7.29. The van der Waals surface area contributed by atoms with Gasteiger partial charge in [-0.3, -0.25) is 4.79 Å². The first-order chi connectivity index (χ1) is 6.33. The SMILES string of the molecule is O=C(Cc1c[c]ccc1)NCCO. The van der Waals surface area contributed by atoms with E-state index < -0.39 is 0 Å². The van der Waals surface area contributed by atoms with Crippen molar-refractivity contribution in [3.8, 4) is 0 Å². The Morgan fingerprint density at radius 3 is 3.08 bits per heavy atom. The number of carbonyl (C=O) groups is 1.